The number of carbonyl (C=O) groups is 3. The van der Waals surface area contributed by atoms with E-state index < -0.39 is 6.10 Å². The largest absolute Gasteiger partial charge is 0.462 e. The lowest BCUT2D eigenvalue weighted by Gasteiger charge is -2.18. The molecule has 62 heavy (non-hydrogen) atoms. The molecule has 0 saturated carbocycles. The second-order valence-electron chi connectivity index (χ2n) is 18.9. The molecule has 0 aromatic rings. The van der Waals surface area contributed by atoms with Crippen molar-refractivity contribution in [3.05, 3.63) is 12.2 Å². The minimum atomic E-state index is -0.766. The molecule has 0 amide bonds. The molecule has 1 atom stereocenters. The van der Waals surface area contributed by atoms with Gasteiger partial charge in [0.05, 0.1) is 0 Å². The first kappa shape index (κ1) is 60.2. The van der Waals surface area contributed by atoms with Crippen LogP contribution in [0, 0.1) is 0 Å². The summed E-state index contributed by atoms with van der Waals surface area (Å²) in [6.45, 7) is 6.67. The van der Waals surface area contributed by atoms with E-state index in [0.29, 0.717) is 19.3 Å². The van der Waals surface area contributed by atoms with Gasteiger partial charge in [0.25, 0.3) is 0 Å². The minimum Gasteiger partial charge on any atom is -0.462 e. The molecule has 0 bridgehead atoms. The van der Waals surface area contributed by atoms with Gasteiger partial charge in [0, 0.05) is 19.3 Å². The molecule has 0 spiro atoms. The molecule has 6 nitrogen and oxygen atoms in total. The summed E-state index contributed by atoms with van der Waals surface area (Å²) >= 11 is 0. The number of unbranched alkanes of at least 4 members (excludes halogenated alkanes) is 38. The highest BCUT2D eigenvalue weighted by molar-refractivity contribution is 5.71. The zero-order valence-electron chi connectivity index (χ0n) is 41.9. The minimum absolute atomic E-state index is 0.0667. The van der Waals surface area contributed by atoms with Crippen LogP contribution in [0.15, 0.2) is 12.2 Å². The molecular formula is C56H106O6. The quantitative estimate of drug-likeness (QED) is 0.0262. The Morgan fingerprint density at radius 2 is 0.532 bits per heavy atom. The Kier molecular flexibility index (Phi) is 50.2. The van der Waals surface area contributed by atoms with Gasteiger partial charge in [-0.2, -0.15) is 0 Å². The molecule has 0 rings (SSSR count). The fourth-order valence-electron chi connectivity index (χ4n) is 8.32. The molecule has 0 aliphatic carbocycles. The van der Waals surface area contributed by atoms with Crippen molar-refractivity contribution in [3.63, 3.8) is 0 Å². The molecule has 366 valence electrons. The van der Waals surface area contributed by atoms with Gasteiger partial charge in [-0.25, -0.2) is 0 Å². The molecule has 0 saturated heterocycles. The van der Waals surface area contributed by atoms with Crippen LogP contribution in [-0.2, 0) is 28.6 Å². The van der Waals surface area contributed by atoms with Crippen molar-refractivity contribution in [1.29, 1.82) is 0 Å². The first-order valence-electron chi connectivity index (χ1n) is 27.7. The molecule has 0 unspecified atom stereocenters. The van der Waals surface area contributed by atoms with Gasteiger partial charge in [0.1, 0.15) is 13.2 Å². The molecule has 0 radical (unpaired) electrons. The van der Waals surface area contributed by atoms with Crippen molar-refractivity contribution in [2.45, 2.75) is 316 Å². The zero-order valence-corrected chi connectivity index (χ0v) is 41.9. The lowest BCUT2D eigenvalue weighted by molar-refractivity contribution is -0.167. The summed E-state index contributed by atoms with van der Waals surface area (Å²) in [4.78, 5) is 38.0. The fourth-order valence-corrected chi connectivity index (χ4v) is 8.32. The highest BCUT2D eigenvalue weighted by Gasteiger charge is 2.19. The summed E-state index contributed by atoms with van der Waals surface area (Å²) in [6, 6.07) is 0. The van der Waals surface area contributed by atoms with Crippen molar-refractivity contribution >= 4 is 17.9 Å². The maximum absolute atomic E-state index is 12.8. The second kappa shape index (κ2) is 51.8. The van der Waals surface area contributed by atoms with Crippen molar-refractivity contribution < 1.29 is 28.6 Å². The van der Waals surface area contributed by atoms with E-state index in [-0.39, 0.29) is 31.1 Å². The molecule has 0 aliphatic heterocycles. The first-order valence-corrected chi connectivity index (χ1v) is 27.7. The summed E-state index contributed by atoms with van der Waals surface area (Å²) in [7, 11) is 0. The van der Waals surface area contributed by atoms with Crippen LogP contribution < -0.4 is 0 Å². The summed E-state index contributed by atoms with van der Waals surface area (Å²) in [5.41, 5.74) is 0. The van der Waals surface area contributed by atoms with Gasteiger partial charge >= 0.3 is 17.9 Å². The number of carbonyl (C=O) groups excluding carboxylic acids is 3. The van der Waals surface area contributed by atoms with Gasteiger partial charge in [-0.1, -0.05) is 258 Å². The van der Waals surface area contributed by atoms with Gasteiger partial charge in [-0.15, -0.1) is 0 Å². The van der Waals surface area contributed by atoms with Crippen LogP contribution in [0.1, 0.15) is 310 Å². The lowest BCUT2D eigenvalue weighted by Crippen LogP contribution is -2.30. The molecule has 0 N–H and O–H groups in total. The monoisotopic (exact) mass is 875 g/mol. The molecule has 0 fully saturated rings. The van der Waals surface area contributed by atoms with E-state index in [2.05, 4.69) is 32.9 Å². The average molecular weight is 875 g/mol. The van der Waals surface area contributed by atoms with E-state index in [9.17, 15) is 14.4 Å². The first-order chi connectivity index (χ1) is 30.5. The zero-order chi connectivity index (χ0) is 45.1. The number of ether oxygens (including phenoxy) is 3. The second-order valence-corrected chi connectivity index (χ2v) is 18.9. The molecule has 0 heterocycles. The average Bonchev–Trinajstić information content (AvgIpc) is 3.27. The SMILES string of the molecule is CCCCCCCC/C=C\CCCCCCCC(=O)OC[C@H](COC(=O)CCCCCCCCCCCCCCCC)OC(=O)CCCCCCCCCCCCCCCCC. The van der Waals surface area contributed by atoms with E-state index in [1.54, 1.807) is 0 Å². The van der Waals surface area contributed by atoms with Gasteiger partial charge in [-0.05, 0) is 44.9 Å². The van der Waals surface area contributed by atoms with Crippen LogP contribution in [0.4, 0.5) is 0 Å². The molecule has 0 aromatic heterocycles. The lowest BCUT2D eigenvalue weighted by atomic mass is 10.0. The van der Waals surface area contributed by atoms with Crippen LogP contribution in [0.3, 0.4) is 0 Å². The van der Waals surface area contributed by atoms with Gasteiger partial charge < -0.3 is 14.2 Å². The summed E-state index contributed by atoms with van der Waals surface area (Å²) in [5, 5.41) is 0. The Bertz CT molecular complexity index is 962. The van der Waals surface area contributed by atoms with Gasteiger partial charge in [0.15, 0.2) is 6.10 Å². The Labute approximate surface area is 386 Å². The number of hydrogen-bond donors (Lipinski definition) is 0. The normalized spacial score (nSPS) is 12.0. The fraction of sp³-hybridized carbons (Fsp3) is 0.911. The summed E-state index contributed by atoms with van der Waals surface area (Å²) in [5.74, 6) is -0.854. The number of hydrogen-bond acceptors (Lipinski definition) is 6. The van der Waals surface area contributed by atoms with Crippen molar-refractivity contribution in [3.8, 4) is 0 Å². The van der Waals surface area contributed by atoms with Crippen molar-refractivity contribution in [2.75, 3.05) is 13.2 Å². The van der Waals surface area contributed by atoms with Crippen molar-refractivity contribution in [1.82, 2.24) is 0 Å². The van der Waals surface area contributed by atoms with Crippen LogP contribution >= 0.6 is 0 Å². The Hall–Kier alpha value is -1.85. The highest BCUT2D eigenvalue weighted by Crippen LogP contribution is 2.17. The highest BCUT2D eigenvalue weighted by atomic mass is 16.6. The van der Waals surface area contributed by atoms with Gasteiger partial charge in [0.2, 0.25) is 0 Å². The van der Waals surface area contributed by atoms with Crippen LogP contribution in [0.5, 0.6) is 0 Å². The van der Waals surface area contributed by atoms with E-state index >= 15 is 0 Å². The molecule has 0 aromatic carbocycles. The predicted octanol–water partition coefficient (Wildman–Crippen LogP) is 18.2. The molecule has 0 aliphatic rings. The van der Waals surface area contributed by atoms with E-state index in [4.69, 9.17) is 14.2 Å². The standard InChI is InChI=1S/C56H106O6/c1-4-7-10-13-16-19-22-25-28-31-34-37-40-43-46-49-55(58)61-52-53(51-60-54(57)48-45-42-39-36-33-30-27-24-21-18-15-12-9-6-3)62-56(59)50-47-44-41-38-35-32-29-26-23-20-17-14-11-8-5-2/h25,28,53H,4-24,26-27,29-52H2,1-3H3/b28-25-/t53-/m0/s1. The summed E-state index contributed by atoms with van der Waals surface area (Å²) < 4.78 is 16.8. The number of esters is 3. The molecular weight excluding hydrogens is 769 g/mol. The maximum Gasteiger partial charge on any atom is 0.306 e. The van der Waals surface area contributed by atoms with Crippen LogP contribution in [-0.4, -0.2) is 37.2 Å². The Balaban J connectivity index is 4.33. The predicted molar refractivity (Wildman–Crippen MR) is 266 cm³/mol. The third kappa shape index (κ3) is 49.2. The van der Waals surface area contributed by atoms with E-state index in [1.165, 1.54) is 205 Å². The van der Waals surface area contributed by atoms with Crippen molar-refractivity contribution in [2.24, 2.45) is 0 Å². The van der Waals surface area contributed by atoms with E-state index in [0.717, 1.165) is 64.2 Å². The Morgan fingerprint density at radius 1 is 0.306 bits per heavy atom. The van der Waals surface area contributed by atoms with Crippen LogP contribution in [0.2, 0.25) is 0 Å². The maximum atomic E-state index is 12.8. The van der Waals surface area contributed by atoms with Gasteiger partial charge in [-0.3, -0.25) is 14.4 Å². The third-order valence-electron chi connectivity index (χ3n) is 12.5. The summed E-state index contributed by atoms with van der Waals surface area (Å²) in [6.07, 6.45) is 57.6. The van der Waals surface area contributed by atoms with E-state index in [1.807, 2.05) is 0 Å². The molecule has 6 heteroatoms. The Morgan fingerprint density at radius 3 is 0.806 bits per heavy atom. The van der Waals surface area contributed by atoms with Crippen LogP contribution in [0.25, 0.3) is 0 Å². The number of rotatable bonds is 51. The third-order valence-corrected chi connectivity index (χ3v) is 12.5. The smallest absolute Gasteiger partial charge is 0.306 e. The topological polar surface area (TPSA) is 78.9 Å². The number of allylic oxidation sites excluding steroid dienone is 2.